The molecular weight excluding hydrogens is 300 g/mol. The highest BCUT2D eigenvalue weighted by atomic mass is 16.5. The number of benzene rings is 1. The highest BCUT2D eigenvalue weighted by Crippen LogP contribution is 2.37. The first-order chi connectivity index (χ1) is 11.4. The van der Waals surface area contributed by atoms with Crippen LogP contribution in [0.5, 0.6) is 5.75 Å². The molecule has 3 aliphatic rings. The number of hydrogen-bond acceptors (Lipinski definition) is 3. The van der Waals surface area contributed by atoms with Crippen molar-refractivity contribution in [2.75, 3.05) is 7.05 Å². The molecule has 2 bridgehead atoms. The van der Waals surface area contributed by atoms with Crippen LogP contribution in [0, 0.1) is 0 Å². The van der Waals surface area contributed by atoms with Gasteiger partial charge in [-0.05, 0) is 71.0 Å². The number of carbonyl (C=O) groups is 1. The number of rotatable bonds is 2. The van der Waals surface area contributed by atoms with Gasteiger partial charge in [0.05, 0.1) is 5.56 Å². The first-order valence-corrected chi connectivity index (χ1v) is 9.27. The molecule has 2 unspecified atom stereocenters. The van der Waals surface area contributed by atoms with E-state index in [2.05, 4.69) is 37.2 Å². The summed E-state index contributed by atoms with van der Waals surface area (Å²) in [5, 5.41) is 3.29. The van der Waals surface area contributed by atoms with Gasteiger partial charge in [-0.2, -0.15) is 0 Å². The van der Waals surface area contributed by atoms with Gasteiger partial charge in [0.2, 0.25) is 0 Å². The van der Waals surface area contributed by atoms with Crippen molar-refractivity contribution in [3.63, 3.8) is 0 Å². The molecule has 1 aromatic carbocycles. The monoisotopic (exact) mass is 328 g/mol. The van der Waals surface area contributed by atoms with Crippen LogP contribution in [0.15, 0.2) is 18.2 Å². The summed E-state index contributed by atoms with van der Waals surface area (Å²) in [6.45, 7) is 4.19. The van der Waals surface area contributed by atoms with Gasteiger partial charge in [0.1, 0.15) is 11.4 Å². The molecule has 4 rings (SSSR count). The Morgan fingerprint density at radius 1 is 1.25 bits per heavy atom. The van der Waals surface area contributed by atoms with Crippen molar-refractivity contribution in [1.29, 1.82) is 0 Å². The van der Waals surface area contributed by atoms with Gasteiger partial charge in [-0.25, -0.2) is 0 Å². The van der Waals surface area contributed by atoms with E-state index in [1.54, 1.807) is 0 Å². The summed E-state index contributed by atoms with van der Waals surface area (Å²) in [7, 11) is 2.23. The molecule has 1 N–H and O–H groups in total. The minimum absolute atomic E-state index is 0.0264. The number of hydrogen-bond donors (Lipinski definition) is 1. The van der Waals surface area contributed by atoms with Gasteiger partial charge in [0, 0.05) is 18.1 Å². The van der Waals surface area contributed by atoms with Crippen LogP contribution in [0.25, 0.3) is 0 Å². The molecule has 4 heteroatoms. The molecule has 4 nitrogen and oxygen atoms in total. The van der Waals surface area contributed by atoms with Crippen LogP contribution in [0.1, 0.15) is 61.9 Å². The number of amides is 1. The Hall–Kier alpha value is -1.55. The molecule has 1 amide bonds. The summed E-state index contributed by atoms with van der Waals surface area (Å²) < 4.78 is 6.16. The molecule has 0 radical (unpaired) electrons. The maximum atomic E-state index is 12.9. The molecule has 0 spiro atoms. The zero-order chi connectivity index (χ0) is 16.9. The van der Waals surface area contributed by atoms with Crippen molar-refractivity contribution in [2.24, 2.45) is 0 Å². The Morgan fingerprint density at radius 2 is 1.96 bits per heavy atom. The zero-order valence-electron chi connectivity index (χ0n) is 15.0. The maximum absolute atomic E-state index is 12.9. The summed E-state index contributed by atoms with van der Waals surface area (Å²) in [5.74, 6) is 0.820. The fourth-order valence-electron chi connectivity index (χ4n) is 4.64. The predicted octanol–water partition coefficient (Wildman–Crippen LogP) is 3.15. The fraction of sp³-hybridized carbons (Fsp3) is 0.650. The van der Waals surface area contributed by atoms with Crippen LogP contribution in [0.3, 0.4) is 0 Å². The first-order valence-electron chi connectivity index (χ1n) is 9.27. The molecular formula is C20H28N2O2. The summed E-state index contributed by atoms with van der Waals surface area (Å²) in [6, 6.07) is 7.52. The first kappa shape index (κ1) is 15.9. The average molecular weight is 328 g/mol. The second-order valence-electron chi connectivity index (χ2n) is 8.35. The van der Waals surface area contributed by atoms with E-state index >= 15 is 0 Å². The number of ether oxygens (including phenoxy) is 1. The third kappa shape index (κ3) is 2.81. The number of nitrogens with one attached hydrogen (secondary N) is 1. The number of nitrogens with zero attached hydrogens (tertiary/aromatic N) is 1. The summed E-state index contributed by atoms with van der Waals surface area (Å²) >= 11 is 0. The highest BCUT2D eigenvalue weighted by Gasteiger charge is 2.39. The van der Waals surface area contributed by atoms with Crippen molar-refractivity contribution < 1.29 is 9.53 Å². The van der Waals surface area contributed by atoms with Crippen molar-refractivity contribution >= 4 is 5.91 Å². The van der Waals surface area contributed by atoms with Gasteiger partial charge in [0.15, 0.2) is 0 Å². The van der Waals surface area contributed by atoms with Crippen LogP contribution < -0.4 is 10.1 Å². The lowest BCUT2D eigenvalue weighted by atomic mass is 9.92. The van der Waals surface area contributed by atoms with Crippen molar-refractivity contribution in [1.82, 2.24) is 10.2 Å². The topological polar surface area (TPSA) is 41.6 Å². The summed E-state index contributed by atoms with van der Waals surface area (Å²) in [5.41, 5.74) is 1.66. The predicted molar refractivity (Wildman–Crippen MR) is 94.5 cm³/mol. The zero-order valence-corrected chi connectivity index (χ0v) is 15.0. The van der Waals surface area contributed by atoms with Crippen LogP contribution in [-0.4, -0.2) is 41.6 Å². The van der Waals surface area contributed by atoms with Gasteiger partial charge in [-0.1, -0.05) is 12.1 Å². The normalized spacial score (nSPS) is 31.2. The van der Waals surface area contributed by atoms with Crippen LogP contribution in [0.4, 0.5) is 0 Å². The van der Waals surface area contributed by atoms with Crippen LogP contribution in [0.2, 0.25) is 0 Å². The molecule has 3 heterocycles. The largest absolute Gasteiger partial charge is 0.487 e. The Kier molecular flexibility index (Phi) is 3.83. The van der Waals surface area contributed by atoms with E-state index in [9.17, 15) is 4.79 Å². The van der Waals surface area contributed by atoms with Crippen molar-refractivity contribution in [3.8, 4) is 5.75 Å². The minimum Gasteiger partial charge on any atom is -0.487 e. The Labute approximate surface area is 144 Å². The SMILES string of the molecule is CN1C2CCC1CC(NC(=O)c1cccc3c1OC(C)(C)CC3)C2. The van der Waals surface area contributed by atoms with E-state index in [1.807, 2.05) is 12.1 Å². The summed E-state index contributed by atoms with van der Waals surface area (Å²) in [4.78, 5) is 15.4. The van der Waals surface area contributed by atoms with Crippen molar-refractivity contribution in [2.45, 2.75) is 76.1 Å². The van der Waals surface area contributed by atoms with E-state index in [-0.39, 0.29) is 11.5 Å². The number of carbonyl (C=O) groups excluding carboxylic acids is 1. The van der Waals surface area contributed by atoms with Gasteiger partial charge in [-0.3, -0.25) is 4.79 Å². The van der Waals surface area contributed by atoms with Gasteiger partial charge in [0.25, 0.3) is 5.91 Å². The van der Waals surface area contributed by atoms with Gasteiger partial charge < -0.3 is 15.0 Å². The smallest absolute Gasteiger partial charge is 0.255 e. The Morgan fingerprint density at radius 3 is 2.67 bits per heavy atom. The number of para-hydroxylation sites is 1. The van der Waals surface area contributed by atoms with Gasteiger partial charge in [-0.15, -0.1) is 0 Å². The highest BCUT2D eigenvalue weighted by molar-refractivity contribution is 5.97. The van der Waals surface area contributed by atoms with E-state index in [0.717, 1.165) is 37.0 Å². The fourth-order valence-corrected chi connectivity index (χ4v) is 4.64. The maximum Gasteiger partial charge on any atom is 0.255 e. The number of aryl methyl sites for hydroxylation is 1. The quantitative estimate of drug-likeness (QED) is 0.907. The number of fused-ring (bicyclic) bond motifs is 3. The summed E-state index contributed by atoms with van der Waals surface area (Å²) in [6.07, 6.45) is 6.64. The molecule has 3 aliphatic heterocycles. The molecule has 2 fully saturated rings. The molecule has 1 aromatic rings. The van der Waals surface area contributed by atoms with Gasteiger partial charge >= 0.3 is 0 Å². The second-order valence-corrected chi connectivity index (χ2v) is 8.35. The van der Waals surface area contributed by atoms with E-state index in [0.29, 0.717) is 23.7 Å². The van der Waals surface area contributed by atoms with Crippen LogP contribution >= 0.6 is 0 Å². The second kappa shape index (κ2) is 5.76. The average Bonchev–Trinajstić information content (AvgIpc) is 2.75. The molecule has 0 aromatic heterocycles. The molecule has 0 saturated carbocycles. The molecule has 24 heavy (non-hydrogen) atoms. The molecule has 130 valence electrons. The molecule has 2 atom stereocenters. The lowest BCUT2D eigenvalue weighted by Gasteiger charge is -2.37. The lowest BCUT2D eigenvalue weighted by Crippen LogP contribution is -2.48. The van der Waals surface area contributed by atoms with E-state index < -0.39 is 0 Å². The number of piperidine rings is 1. The molecule has 0 aliphatic carbocycles. The standard InChI is InChI=1S/C20H28N2O2/c1-20(2)10-9-13-5-4-6-17(18(13)24-20)19(23)21-14-11-15-7-8-16(12-14)22(15)3/h4-6,14-16H,7-12H2,1-3H3,(H,21,23). The van der Waals surface area contributed by atoms with E-state index in [4.69, 9.17) is 4.74 Å². The third-order valence-corrected chi connectivity index (χ3v) is 6.15. The minimum atomic E-state index is -0.198. The van der Waals surface area contributed by atoms with Crippen LogP contribution in [-0.2, 0) is 6.42 Å². The Balaban J connectivity index is 1.52. The van der Waals surface area contributed by atoms with Crippen molar-refractivity contribution in [3.05, 3.63) is 29.3 Å². The third-order valence-electron chi connectivity index (χ3n) is 6.15. The molecule has 2 saturated heterocycles. The lowest BCUT2D eigenvalue weighted by molar-refractivity contribution is 0.0773. The van der Waals surface area contributed by atoms with E-state index in [1.165, 1.54) is 12.8 Å². The Bertz CT molecular complexity index is 641.